The van der Waals surface area contributed by atoms with E-state index < -0.39 is 18.8 Å². The predicted octanol–water partition coefficient (Wildman–Crippen LogP) is 1.90. The summed E-state index contributed by atoms with van der Waals surface area (Å²) < 4.78 is 42.7. The second kappa shape index (κ2) is 6.96. The summed E-state index contributed by atoms with van der Waals surface area (Å²) in [6.45, 7) is 2.92. The fourth-order valence-electron chi connectivity index (χ4n) is 2.50. The number of ether oxygens (including phenoxy) is 1. The summed E-state index contributed by atoms with van der Waals surface area (Å²) in [5.74, 6) is 0.483. The van der Waals surface area contributed by atoms with Gasteiger partial charge in [0, 0.05) is 26.2 Å². The van der Waals surface area contributed by atoms with E-state index in [2.05, 4.69) is 0 Å². The van der Waals surface area contributed by atoms with Crippen molar-refractivity contribution in [1.29, 1.82) is 0 Å². The number of carbonyl (C=O) groups excluding carboxylic acids is 1. The summed E-state index contributed by atoms with van der Waals surface area (Å²) in [6.07, 6.45) is -1.79. The fraction of sp³-hybridized carbons (Fsp3) is 0.929. The molecule has 4 nitrogen and oxygen atoms in total. The zero-order valence-electron chi connectivity index (χ0n) is 12.4. The van der Waals surface area contributed by atoms with Gasteiger partial charge in [-0.3, -0.25) is 9.69 Å². The van der Waals surface area contributed by atoms with E-state index in [1.807, 2.05) is 0 Å². The number of amides is 1. The molecule has 2 fully saturated rings. The van der Waals surface area contributed by atoms with Crippen LogP contribution in [0, 0.1) is 5.92 Å². The fourth-order valence-corrected chi connectivity index (χ4v) is 2.50. The van der Waals surface area contributed by atoms with Crippen LogP contribution in [0.2, 0.25) is 0 Å². The van der Waals surface area contributed by atoms with Crippen molar-refractivity contribution in [2.45, 2.75) is 38.5 Å². The van der Waals surface area contributed by atoms with Crippen LogP contribution in [-0.4, -0.2) is 67.3 Å². The minimum absolute atomic E-state index is 0.107. The average Bonchev–Trinajstić information content (AvgIpc) is 3.20. The van der Waals surface area contributed by atoms with Gasteiger partial charge < -0.3 is 9.64 Å². The third-order valence-electron chi connectivity index (χ3n) is 3.93. The van der Waals surface area contributed by atoms with Gasteiger partial charge >= 0.3 is 6.18 Å². The first-order valence-corrected chi connectivity index (χ1v) is 7.54. The van der Waals surface area contributed by atoms with E-state index >= 15 is 0 Å². The van der Waals surface area contributed by atoms with Crippen LogP contribution in [0.15, 0.2) is 0 Å². The van der Waals surface area contributed by atoms with Gasteiger partial charge in [0.15, 0.2) is 0 Å². The normalized spacial score (nSPS) is 23.0. The van der Waals surface area contributed by atoms with Crippen LogP contribution in [0.1, 0.15) is 26.2 Å². The molecule has 0 spiro atoms. The van der Waals surface area contributed by atoms with Gasteiger partial charge in [-0.25, -0.2) is 0 Å². The maximum absolute atomic E-state index is 12.4. The number of nitrogens with zero attached hydrogens (tertiary/aromatic N) is 2. The highest BCUT2D eigenvalue weighted by molar-refractivity contribution is 5.80. The van der Waals surface area contributed by atoms with E-state index in [4.69, 9.17) is 4.74 Å². The molecule has 0 aromatic rings. The molecule has 0 bridgehead atoms. The standard InChI is InChI=1S/C14H23F3N2O2/c1-11(21-9-12-3-4-12)13(20)19-6-2-5-18(7-8-19)10-14(15,16)17/h11-12H,2-10H2,1H3. The van der Waals surface area contributed by atoms with E-state index in [0.29, 0.717) is 38.6 Å². The molecular formula is C14H23F3N2O2. The molecular weight excluding hydrogens is 285 g/mol. The topological polar surface area (TPSA) is 32.8 Å². The third kappa shape index (κ3) is 5.82. The number of hydrogen-bond donors (Lipinski definition) is 0. The Morgan fingerprint density at radius 2 is 1.95 bits per heavy atom. The zero-order chi connectivity index (χ0) is 15.5. The zero-order valence-corrected chi connectivity index (χ0v) is 12.4. The van der Waals surface area contributed by atoms with E-state index in [0.717, 1.165) is 12.8 Å². The summed E-state index contributed by atoms with van der Waals surface area (Å²) in [5.41, 5.74) is 0. The lowest BCUT2D eigenvalue weighted by atomic mass is 10.3. The molecule has 2 aliphatic rings. The predicted molar refractivity (Wildman–Crippen MR) is 71.8 cm³/mol. The smallest absolute Gasteiger partial charge is 0.368 e. The molecule has 1 amide bonds. The molecule has 0 aromatic heterocycles. The maximum Gasteiger partial charge on any atom is 0.401 e. The maximum atomic E-state index is 12.4. The number of carbonyl (C=O) groups is 1. The van der Waals surface area contributed by atoms with Crippen LogP contribution in [0.4, 0.5) is 13.2 Å². The van der Waals surface area contributed by atoms with Gasteiger partial charge in [-0.1, -0.05) is 0 Å². The van der Waals surface area contributed by atoms with Crippen molar-refractivity contribution >= 4 is 5.91 Å². The molecule has 1 saturated heterocycles. The van der Waals surface area contributed by atoms with Crippen LogP contribution in [0.3, 0.4) is 0 Å². The van der Waals surface area contributed by atoms with Gasteiger partial charge in [-0.15, -0.1) is 0 Å². The first kappa shape index (κ1) is 16.5. The van der Waals surface area contributed by atoms with Crippen molar-refractivity contribution in [2.75, 3.05) is 39.3 Å². The Labute approximate surface area is 123 Å². The molecule has 1 atom stereocenters. The third-order valence-corrected chi connectivity index (χ3v) is 3.93. The van der Waals surface area contributed by atoms with Gasteiger partial charge in [0.05, 0.1) is 13.2 Å². The number of alkyl halides is 3. The monoisotopic (exact) mass is 308 g/mol. The second-order valence-corrected chi connectivity index (χ2v) is 5.99. The van der Waals surface area contributed by atoms with Crippen LogP contribution in [-0.2, 0) is 9.53 Å². The molecule has 1 aliphatic heterocycles. The van der Waals surface area contributed by atoms with Crippen molar-refractivity contribution in [1.82, 2.24) is 9.80 Å². The van der Waals surface area contributed by atoms with Crippen LogP contribution < -0.4 is 0 Å². The Balaban J connectivity index is 1.76. The summed E-state index contributed by atoms with van der Waals surface area (Å²) >= 11 is 0. The molecule has 0 N–H and O–H groups in total. The Morgan fingerprint density at radius 1 is 1.24 bits per heavy atom. The summed E-state index contributed by atoms with van der Waals surface area (Å²) in [4.78, 5) is 15.2. The Kier molecular flexibility index (Phi) is 5.48. The summed E-state index contributed by atoms with van der Waals surface area (Å²) in [5, 5.41) is 0. The molecule has 0 aromatic carbocycles. The molecule has 2 rings (SSSR count). The minimum Gasteiger partial charge on any atom is -0.368 e. The molecule has 0 radical (unpaired) electrons. The Bertz CT molecular complexity index is 359. The SMILES string of the molecule is CC(OCC1CC1)C(=O)N1CCCN(CC(F)(F)F)CC1. The van der Waals surface area contributed by atoms with Crippen LogP contribution in [0.25, 0.3) is 0 Å². The van der Waals surface area contributed by atoms with Crippen molar-refractivity contribution in [3.8, 4) is 0 Å². The van der Waals surface area contributed by atoms with Crippen LogP contribution in [0.5, 0.6) is 0 Å². The highest BCUT2D eigenvalue weighted by Crippen LogP contribution is 2.29. The lowest BCUT2D eigenvalue weighted by Crippen LogP contribution is -2.42. The molecule has 21 heavy (non-hydrogen) atoms. The van der Waals surface area contributed by atoms with Crippen molar-refractivity contribution < 1.29 is 22.7 Å². The van der Waals surface area contributed by atoms with E-state index in [1.165, 1.54) is 4.90 Å². The lowest BCUT2D eigenvalue weighted by Gasteiger charge is -2.25. The van der Waals surface area contributed by atoms with Crippen molar-refractivity contribution in [3.63, 3.8) is 0 Å². The summed E-state index contributed by atoms with van der Waals surface area (Å²) in [6, 6.07) is 0. The molecule has 122 valence electrons. The second-order valence-electron chi connectivity index (χ2n) is 5.99. The molecule has 1 aliphatic carbocycles. The highest BCUT2D eigenvalue weighted by atomic mass is 19.4. The Morgan fingerprint density at radius 3 is 2.57 bits per heavy atom. The average molecular weight is 308 g/mol. The van der Waals surface area contributed by atoms with Gasteiger partial charge in [-0.05, 0) is 32.1 Å². The first-order valence-electron chi connectivity index (χ1n) is 7.54. The molecule has 7 heteroatoms. The largest absolute Gasteiger partial charge is 0.401 e. The van der Waals surface area contributed by atoms with E-state index in [1.54, 1.807) is 11.8 Å². The molecule has 1 saturated carbocycles. The number of hydrogen-bond acceptors (Lipinski definition) is 3. The quantitative estimate of drug-likeness (QED) is 0.778. The lowest BCUT2D eigenvalue weighted by molar-refractivity contribution is -0.146. The molecule has 1 heterocycles. The Hall–Kier alpha value is -0.820. The van der Waals surface area contributed by atoms with Gasteiger partial charge in [0.25, 0.3) is 5.91 Å². The summed E-state index contributed by atoms with van der Waals surface area (Å²) in [7, 11) is 0. The van der Waals surface area contributed by atoms with Gasteiger partial charge in [0.2, 0.25) is 0 Å². The van der Waals surface area contributed by atoms with E-state index in [9.17, 15) is 18.0 Å². The van der Waals surface area contributed by atoms with Crippen molar-refractivity contribution in [2.24, 2.45) is 5.92 Å². The van der Waals surface area contributed by atoms with E-state index in [-0.39, 0.29) is 12.5 Å². The van der Waals surface area contributed by atoms with Gasteiger partial charge in [-0.2, -0.15) is 13.2 Å². The molecule has 1 unspecified atom stereocenters. The van der Waals surface area contributed by atoms with Crippen molar-refractivity contribution in [3.05, 3.63) is 0 Å². The van der Waals surface area contributed by atoms with Gasteiger partial charge in [0.1, 0.15) is 6.10 Å². The highest BCUT2D eigenvalue weighted by Gasteiger charge is 2.32. The van der Waals surface area contributed by atoms with Crippen LogP contribution >= 0.6 is 0 Å². The number of rotatable bonds is 5. The minimum atomic E-state index is -4.18. The first-order chi connectivity index (χ1) is 9.85. The number of halogens is 3.